The maximum Gasteiger partial charge on any atom is 0.319 e. The number of morpholine rings is 1. The molecule has 1 aliphatic carbocycles. The normalized spacial score (nSPS) is 27.0. The topological polar surface area (TPSA) is 83.0 Å². The Bertz CT molecular complexity index is 1750. The van der Waals surface area contributed by atoms with Crippen LogP contribution in [0.1, 0.15) is 68.6 Å². The Kier molecular flexibility index (Phi) is 8.60. The zero-order valence-corrected chi connectivity index (χ0v) is 28.6. The highest BCUT2D eigenvalue weighted by Gasteiger charge is 2.46. The number of aromatic nitrogens is 2. The number of anilines is 1. The number of nitrogens with zero attached hydrogens (tertiary/aromatic N) is 4. The van der Waals surface area contributed by atoms with Crippen LogP contribution in [0.2, 0.25) is 5.02 Å². The van der Waals surface area contributed by atoms with Crippen molar-refractivity contribution in [3.63, 3.8) is 0 Å². The number of benzene rings is 2. The van der Waals surface area contributed by atoms with Crippen molar-refractivity contribution in [2.75, 3.05) is 44.4 Å². The van der Waals surface area contributed by atoms with Crippen molar-refractivity contribution in [1.29, 1.82) is 0 Å². The van der Waals surface area contributed by atoms with Crippen LogP contribution in [-0.2, 0) is 4.74 Å². The Morgan fingerprint density at radius 2 is 1.85 bits per heavy atom. The van der Waals surface area contributed by atoms with Gasteiger partial charge < -0.3 is 24.8 Å². The number of fused-ring (bicyclic) bond motifs is 5. The van der Waals surface area contributed by atoms with Crippen molar-refractivity contribution in [1.82, 2.24) is 20.2 Å². The largest absolute Gasteiger partial charge is 0.508 e. The van der Waals surface area contributed by atoms with Gasteiger partial charge in [0.15, 0.2) is 5.82 Å². The van der Waals surface area contributed by atoms with E-state index in [2.05, 4.69) is 15.1 Å². The molecule has 4 atom stereocenters. The molecule has 8 rings (SSSR count). The highest BCUT2D eigenvalue weighted by Crippen LogP contribution is 2.45. The van der Waals surface area contributed by atoms with E-state index >= 15 is 4.39 Å². The van der Waals surface area contributed by atoms with Crippen molar-refractivity contribution in [2.45, 2.75) is 83.0 Å². The Labute approximate surface area is 287 Å². The Hall–Kier alpha value is -3.24. The van der Waals surface area contributed by atoms with Gasteiger partial charge in [-0.25, -0.2) is 4.39 Å². The summed E-state index contributed by atoms with van der Waals surface area (Å²) in [4.78, 5) is 14.6. The van der Waals surface area contributed by atoms with Crippen LogP contribution in [-0.4, -0.2) is 83.6 Å². The van der Waals surface area contributed by atoms with Gasteiger partial charge in [-0.1, -0.05) is 42.3 Å². The number of piperazine rings is 1. The van der Waals surface area contributed by atoms with Gasteiger partial charge in [0.05, 0.1) is 24.8 Å². The first-order valence-electron chi connectivity index (χ1n) is 17.6. The van der Waals surface area contributed by atoms with Gasteiger partial charge in [0.2, 0.25) is 0 Å². The highest BCUT2D eigenvalue weighted by molar-refractivity contribution is 6.33. The molecule has 3 aromatic rings. The average Bonchev–Trinajstić information content (AvgIpc) is 3.48. The lowest BCUT2D eigenvalue weighted by molar-refractivity contribution is -0.0612. The number of aliphatic hydroxyl groups excluding tert-OH is 1. The molecule has 0 amide bonds. The highest BCUT2D eigenvalue weighted by atomic mass is 35.5. The van der Waals surface area contributed by atoms with Crippen molar-refractivity contribution < 1.29 is 19.0 Å². The fourth-order valence-electron chi connectivity index (χ4n) is 8.64. The lowest BCUT2D eigenvalue weighted by atomic mass is 9.69. The average molecular weight is 674 g/mol. The summed E-state index contributed by atoms with van der Waals surface area (Å²) in [6.45, 7) is 8.42. The zero-order valence-electron chi connectivity index (χ0n) is 27.9. The minimum atomic E-state index is -0.537. The standard InChI is InChI=1S/C38H45ClFN5O3/c1-23-6-3-4-7-25(23)15-30(46)14-24(2)33-32(39)16-31-35(34(33)40)42-37(43-36(31)44-17-26-8-9-27(18-44)41-26)48-22-38(12-5-13-38)21-45-28-10-11-29(45)20-47-19-28/h3-4,6-7,14-16,26-29,41,46H,5,8-13,17-22H2,1-2H3/b24-14+,30-15+. The van der Waals surface area contributed by atoms with E-state index in [1.807, 2.05) is 31.2 Å². The van der Waals surface area contributed by atoms with Gasteiger partial charge in [0.25, 0.3) is 0 Å². The van der Waals surface area contributed by atoms with Crippen molar-refractivity contribution >= 4 is 40.0 Å². The summed E-state index contributed by atoms with van der Waals surface area (Å²) in [5, 5.41) is 15.4. The van der Waals surface area contributed by atoms with Crippen LogP contribution in [0.25, 0.3) is 22.6 Å². The minimum absolute atomic E-state index is 0.0144. The monoisotopic (exact) mass is 673 g/mol. The van der Waals surface area contributed by atoms with Gasteiger partial charge in [0.1, 0.15) is 17.1 Å². The molecule has 0 radical (unpaired) electrons. The van der Waals surface area contributed by atoms with Gasteiger partial charge in [-0.3, -0.25) is 4.90 Å². The third-order valence-electron chi connectivity index (χ3n) is 11.4. The molecule has 4 bridgehead atoms. The molecular weight excluding hydrogens is 629 g/mol. The molecule has 2 aromatic carbocycles. The van der Waals surface area contributed by atoms with Gasteiger partial charge in [-0.2, -0.15) is 9.97 Å². The van der Waals surface area contributed by atoms with E-state index in [1.165, 1.54) is 19.3 Å². The molecule has 4 saturated heterocycles. The van der Waals surface area contributed by atoms with Crippen LogP contribution in [0.4, 0.5) is 10.2 Å². The third kappa shape index (κ3) is 6.08. The maximum atomic E-state index is 16.7. The van der Waals surface area contributed by atoms with E-state index in [9.17, 15) is 5.11 Å². The smallest absolute Gasteiger partial charge is 0.319 e. The second-order valence-electron chi connectivity index (χ2n) is 14.8. The molecule has 1 saturated carbocycles. The molecule has 10 heteroatoms. The fraction of sp³-hybridized carbons (Fsp3) is 0.526. The van der Waals surface area contributed by atoms with E-state index in [0.717, 1.165) is 69.7 Å². The van der Waals surface area contributed by atoms with E-state index in [-0.39, 0.29) is 33.3 Å². The Morgan fingerprint density at radius 1 is 1.12 bits per heavy atom. The van der Waals surface area contributed by atoms with Crippen LogP contribution in [0.5, 0.6) is 6.01 Å². The molecule has 5 aliphatic rings. The van der Waals surface area contributed by atoms with E-state index in [0.29, 0.717) is 47.6 Å². The summed E-state index contributed by atoms with van der Waals surface area (Å²) in [6.07, 6.45) is 11.2. The summed E-state index contributed by atoms with van der Waals surface area (Å²) >= 11 is 6.85. The van der Waals surface area contributed by atoms with E-state index in [1.54, 1.807) is 25.1 Å². The molecule has 8 nitrogen and oxygen atoms in total. The molecule has 0 spiro atoms. The summed E-state index contributed by atoms with van der Waals surface area (Å²) in [7, 11) is 0. The minimum Gasteiger partial charge on any atom is -0.508 e. The van der Waals surface area contributed by atoms with Crippen LogP contribution >= 0.6 is 11.6 Å². The predicted octanol–water partition coefficient (Wildman–Crippen LogP) is 7.09. The molecule has 4 unspecified atom stereocenters. The first-order chi connectivity index (χ1) is 23.2. The molecule has 48 heavy (non-hydrogen) atoms. The van der Waals surface area contributed by atoms with E-state index in [4.69, 9.17) is 31.0 Å². The number of aryl methyl sites for hydroxylation is 1. The number of aliphatic hydroxyl groups is 1. The summed E-state index contributed by atoms with van der Waals surface area (Å²) in [6, 6.07) is 11.5. The van der Waals surface area contributed by atoms with Gasteiger partial charge in [-0.05, 0) is 87.3 Å². The molecule has 4 aliphatic heterocycles. The maximum absolute atomic E-state index is 16.7. The molecule has 254 valence electrons. The molecular formula is C38H45ClFN5O3. The quantitative estimate of drug-likeness (QED) is 0.184. The van der Waals surface area contributed by atoms with Crippen LogP contribution in [0.15, 0.2) is 42.2 Å². The summed E-state index contributed by atoms with van der Waals surface area (Å²) < 4.78 is 29.1. The molecule has 5 heterocycles. The first-order valence-corrected chi connectivity index (χ1v) is 17.9. The van der Waals surface area contributed by atoms with Crippen molar-refractivity contribution in [3.05, 3.63) is 69.7 Å². The van der Waals surface area contributed by atoms with Crippen LogP contribution in [0, 0.1) is 18.2 Å². The Morgan fingerprint density at radius 3 is 2.54 bits per heavy atom. The van der Waals surface area contributed by atoms with Crippen molar-refractivity contribution in [3.8, 4) is 6.01 Å². The number of hydrogen-bond acceptors (Lipinski definition) is 8. The zero-order chi connectivity index (χ0) is 33.0. The number of ether oxygens (including phenoxy) is 2. The number of hydrogen-bond donors (Lipinski definition) is 2. The number of allylic oxidation sites excluding steroid dienone is 2. The van der Waals surface area contributed by atoms with Crippen LogP contribution < -0.4 is 15.0 Å². The van der Waals surface area contributed by atoms with Gasteiger partial charge >= 0.3 is 6.01 Å². The van der Waals surface area contributed by atoms with Crippen LogP contribution in [0.3, 0.4) is 0 Å². The first kappa shape index (κ1) is 32.0. The number of nitrogens with one attached hydrogen (secondary N) is 1. The van der Waals surface area contributed by atoms with Crippen molar-refractivity contribution in [2.24, 2.45) is 5.41 Å². The number of halogens is 2. The predicted molar refractivity (Wildman–Crippen MR) is 188 cm³/mol. The lowest BCUT2D eigenvalue weighted by Gasteiger charge is -2.47. The fourth-order valence-corrected chi connectivity index (χ4v) is 8.98. The summed E-state index contributed by atoms with van der Waals surface area (Å²) in [5.74, 6) is 0.143. The molecule has 2 N–H and O–H groups in total. The molecule has 5 fully saturated rings. The summed E-state index contributed by atoms with van der Waals surface area (Å²) in [5.41, 5.74) is 2.85. The van der Waals surface area contributed by atoms with Gasteiger partial charge in [-0.15, -0.1) is 0 Å². The third-order valence-corrected chi connectivity index (χ3v) is 11.7. The second-order valence-corrected chi connectivity index (χ2v) is 15.2. The second kappa shape index (κ2) is 12.9. The van der Waals surface area contributed by atoms with Gasteiger partial charge in [0, 0.05) is 60.2 Å². The SMILES string of the molecule is C/C(=C\C(O)=C/c1ccccc1C)c1c(Cl)cc2c(N3CC4CCC(C3)N4)nc(OCC3(CN4C5CCC4COC5)CCC3)nc2c1F. The lowest BCUT2D eigenvalue weighted by Crippen LogP contribution is -2.54. The number of rotatable bonds is 9. The molecule has 1 aromatic heterocycles. The Balaban J connectivity index is 1.14. The van der Waals surface area contributed by atoms with E-state index < -0.39 is 5.82 Å².